The summed E-state index contributed by atoms with van der Waals surface area (Å²) in [5, 5.41) is 8.48. The van der Waals surface area contributed by atoms with Gasteiger partial charge >= 0.3 is 0 Å². The van der Waals surface area contributed by atoms with E-state index in [-0.39, 0.29) is 10.5 Å². The average molecular weight is 248 g/mol. The average Bonchev–Trinajstić information content (AvgIpc) is 2.22. The summed E-state index contributed by atoms with van der Waals surface area (Å²) in [4.78, 5) is -0.0425. The Kier molecular flexibility index (Phi) is 4.86. The van der Waals surface area contributed by atoms with Crippen LogP contribution in [-0.4, -0.2) is 11.6 Å². The maximum atomic E-state index is 13.3. The van der Waals surface area contributed by atoms with Gasteiger partial charge in [0.1, 0.15) is 11.6 Å². The molecule has 0 radical (unpaired) electrons. The standard InChI is InChI=1S/C10H8ClF2NS/c11-2-1-3-15-10-8(12)4-7(6-14)5-9(10)13/h4-5H,1-3H2. The number of halogens is 3. The molecule has 0 aliphatic rings. The number of nitriles is 1. The molecule has 0 bridgehead atoms. The van der Waals surface area contributed by atoms with E-state index in [1.54, 1.807) is 6.07 Å². The lowest BCUT2D eigenvalue weighted by Crippen LogP contribution is -1.92. The summed E-state index contributed by atoms with van der Waals surface area (Å²) in [6, 6.07) is 3.76. The van der Waals surface area contributed by atoms with Crippen molar-refractivity contribution < 1.29 is 8.78 Å². The van der Waals surface area contributed by atoms with Gasteiger partial charge in [0.25, 0.3) is 0 Å². The zero-order valence-electron chi connectivity index (χ0n) is 7.77. The zero-order chi connectivity index (χ0) is 11.3. The van der Waals surface area contributed by atoms with Gasteiger partial charge in [-0.1, -0.05) is 0 Å². The van der Waals surface area contributed by atoms with E-state index < -0.39 is 11.6 Å². The molecule has 0 saturated heterocycles. The van der Waals surface area contributed by atoms with Gasteiger partial charge in [0.2, 0.25) is 0 Å². The Balaban J connectivity index is 2.85. The van der Waals surface area contributed by atoms with Gasteiger partial charge in [-0.05, 0) is 24.3 Å². The van der Waals surface area contributed by atoms with E-state index in [1.807, 2.05) is 0 Å². The minimum absolute atomic E-state index is 0.00769. The first kappa shape index (κ1) is 12.3. The monoisotopic (exact) mass is 247 g/mol. The van der Waals surface area contributed by atoms with Crippen molar-refractivity contribution in [3.63, 3.8) is 0 Å². The molecule has 0 aliphatic heterocycles. The predicted octanol–water partition coefficient (Wildman–Crippen LogP) is 3.56. The fourth-order valence-corrected chi connectivity index (χ4v) is 2.17. The minimum atomic E-state index is -0.689. The van der Waals surface area contributed by atoms with Crippen LogP contribution in [0.25, 0.3) is 0 Å². The fraction of sp³-hybridized carbons (Fsp3) is 0.300. The van der Waals surface area contributed by atoms with Crippen LogP contribution < -0.4 is 0 Å². The van der Waals surface area contributed by atoms with E-state index >= 15 is 0 Å². The fourth-order valence-electron chi connectivity index (χ4n) is 0.991. The summed E-state index contributed by atoms with van der Waals surface area (Å²) >= 11 is 6.52. The van der Waals surface area contributed by atoms with Crippen LogP contribution in [0.15, 0.2) is 17.0 Å². The van der Waals surface area contributed by atoms with Crippen molar-refractivity contribution in [3.8, 4) is 6.07 Å². The molecule has 5 heteroatoms. The molecule has 1 aromatic carbocycles. The third-order valence-electron chi connectivity index (χ3n) is 1.65. The first-order chi connectivity index (χ1) is 7.19. The molecule has 0 fully saturated rings. The van der Waals surface area contributed by atoms with Crippen molar-refractivity contribution in [1.82, 2.24) is 0 Å². The molecule has 0 heterocycles. The van der Waals surface area contributed by atoms with E-state index in [0.717, 1.165) is 23.9 Å². The number of nitrogens with zero attached hydrogens (tertiary/aromatic N) is 1. The molecule has 80 valence electrons. The van der Waals surface area contributed by atoms with E-state index in [4.69, 9.17) is 16.9 Å². The molecule has 0 saturated carbocycles. The SMILES string of the molecule is N#Cc1cc(F)c(SCCCCl)c(F)c1. The summed E-state index contributed by atoms with van der Waals surface area (Å²) in [5.74, 6) is -0.354. The van der Waals surface area contributed by atoms with Crippen LogP contribution in [0.3, 0.4) is 0 Å². The molecule has 0 aliphatic carbocycles. The lowest BCUT2D eigenvalue weighted by atomic mass is 10.2. The first-order valence-corrected chi connectivity index (χ1v) is 5.79. The zero-order valence-corrected chi connectivity index (χ0v) is 9.34. The Morgan fingerprint density at radius 3 is 2.40 bits per heavy atom. The molecule has 0 spiro atoms. The van der Waals surface area contributed by atoms with E-state index in [1.165, 1.54) is 0 Å². The minimum Gasteiger partial charge on any atom is -0.206 e. The third kappa shape index (κ3) is 3.37. The Morgan fingerprint density at radius 1 is 1.33 bits per heavy atom. The van der Waals surface area contributed by atoms with E-state index in [2.05, 4.69) is 0 Å². The highest BCUT2D eigenvalue weighted by atomic mass is 35.5. The summed E-state index contributed by atoms with van der Waals surface area (Å²) in [6.45, 7) is 0. The van der Waals surface area contributed by atoms with Gasteiger partial charge in [0, 0.05) is 5.88 Å². The maximum absolute atomic E-state index is 13.3. The molecule has 1 rings (SSSR count). The number of rotatable bonds is 4. The largest absolute Gasteiger partial charge is 0.206 e. The Bertz CT molecular complexity index is 366. The highest BCUT2D eigenvalue weighted by molar-refractivity contribution is 7.99. The maximum Gasteiger partial charge on any atom is 0.141 e. The van der Waals surface area contributed by atoms with Crippen molar-refractivity contribution in [2.75, 3.05) is 11.6 Å². The highest BCUT2D eigenvalue weighted by Gasteiger charge is 2.11. The Hall–Kier alpha value is -0.790. The number of thioether (sulfide) groups is 1. The first-order valence-electron chi connectivity index (χ1n) is 4.27. The second kappa shape index (κ2) is 5.94. The van der Waals surface area contributed by atoms with Crippen LogP contribution >= 0.6 is 23.4 Å². The summed E-state index contributed by atoms with van der Waals surface area (Å²) < 4.78 is 26.6. The summed E-state index contributed by atoms with van der Waals surface area (Å²) in [7, 11) is 0. The molecular weight excluding hydrogens is 240 g/mol. The van der Waals surface area contributed by atoms with Crippen molar-refractivity contribution in [2.45, 2.75) is 11.3 Å². The molecule has 0 N–H and O–H groups in total. The molecule has 0 unspecified atom stereocenters. The normalized spacial score (nSPS) is 10.0. The van der Waals surface area contributed by atoms with Crippen LogP contribution in [-0.2, 0) is 0 Å². The Morgan fingerprint density at radius 2 is 1.93 bits per heavy atom. The van der Waals surface area contributed by atoms with Gasteiger partial charge in [0.05, 0.1) is 16.5 Å². The second-order valence-corrected chi connectivity index (χ2v) is 4.25. The number of benzene rings is 1. The smallest absolute Gasteiger partial charge is 0.141 e. The van der Waals surface area contributed by atoms with Crippen LogP contribution in [0, 0.1) is 23.0 Å². The molecule has 0 atom stereocenters. The van der Waals surface area contributed by atoms with Crippen molar-refractivity contribution in [3.05, 3.63) is 29.3 Å². The van der Waals surface area contributed by atoms with Gasteiger partial charge < -0.3 is 0 Å². The lowest BCUT2D eigenvalue weighted by molar-refractivity contribution is 0.540. The molecule has 15 heavy (non-hydrogen) atoms. The van der Waals surface area contributed by atoms with Gasteiger partial charge in [-0.2, -0.15) is 5.26 Å². The molecule has 0 amide bonds. The molecule has 1 nitrogen and oxygen atoms in total. The van der Waals surface area contributed by atoms with Crippen LogP contribution in [0.5, 0.6) is 0 Å². The van der Waals surface area contributed by atoms with E-state index in [0.29, 0.717) is 18.1 Å². The van der Waals surface area contributed by atoms with E-state index in [9.17, 15) is 8.78 Å². The van der Waals surface area contributed by atoms with Crippen LogP contribution in [0.1, 0.15) is 12.0 Å². The quantitative estimate of drug-likeness (QED) is 0.462. The van der Waals surface area contributed by atoms with Crippen LogP contribution in [0.4, 0.5) is 8.78 Å². The van der Waals surface area contributed by atoms with Crippen LogP contribution in [0.2, 0.25) is 0 Å². The summed E-state index contributed by atoms with van der Waals surface area (Å²) in [6.07, 6.45) is 0.686. The number of hydrogen-bond acceptors (Lipinski definition) is 2. The molecule has 1 aromatic rings. The molecule has 0 aromatic heterocycles. The highest BCUT2D eigenvalue weighted by Crippen LogP contribution is 2.26. The van der Waals surface area contributed by atoms with Gasteiger partial charge in [-0.15, -0.1) is 23.4 Å². The Labute approximate surface area is 96.0 Å². The predicted molar refractivity (Wildman–Crippen MR) is 57.1 cm³/mol. The van der Waals surface area contributed by atoms with Crippen molar-refractivity contribution in [1.29, 1.82) is 5.26 Å². The lowest BCUT2D eigenvalue weighted by Gasteiger charge is -2.04. The summed E-state index contributed by atoms with van der Waals surface area (Å²) in [5.41, 5.74) is -0.00769. The number of hydrogen-bond donors (Lipinski definition) is 0. The van der Waals surface area contributed by atoms with Crippen molar-refractivity contribution in [2.24, 2.45) is 0 Å². The number of alkyl halides is 1. The molecular formula is C10H8ClF2NS. The van der Waals surface area contributed by atoms with Gasteiger partial charge in [-0.3, -0.25) is 0 Å². The van der Waals surface area contributed by atoms with Crippen molar-refractivity contribution >= 4 is 23.4 Å². The van der Waals surface area contributed by atoms with Gasteiger partial charge in [0.15, 0.2) is 0 Å². The third-order valence-corrected chi connectivity index (χ3v) is 3.09. The van der Waals surface area contributed by atoms with Gasteiger partial charge in [-0.25, -0.2) is 8.78 Å². The second-order valence-electron chi connectivity index (χ2n) is 2.77. The topological polar surface area (TPSA) is 23.8 Å².